The molecule has 0 aliphatic heterocycles. The van der Waals surface area contributed by atoms with E-state index in [9.17, 15) is 9.59 Å². The van der Waals surface area contributed by atoms with Crippen molar-refractivity contribution in [2.75, 3.05) is 17.7 Å². The Kier molecular flexibility index (Phi) is 6.01. The lowest BCUT2D eigenvalue weighted by atomic mass is 10.2. The summed E-state index contributed by atoms with van der Waals surface area (Å²) >= 11 is 0. The number of carbonyl (C=O) groups excluding carboxylic acids is 2. The van der Waals surface area contributed by atoms with Crippen molar-refractivity contribution in [3.8, 4) is 17.1 Å². The lowest BCUT2D eigenvalue weighted by Gasteiger charge is -2.12. The number of aromatic nitrogens is 2. The van der Waals surface area contributed by atoms with Crippen molar-refractivity contribution < 1.29 is 18.8 Å². The van der Waals surface area contributed by atoms with Crippen LogP contribution in [0, 0.1) is 0 Å². The molecule has 0 fully saturated rings. The van der Waals surface area contributed by atoms with E-state index in [1.54, 1.807) is 18.2 Å². The fourth-order valence-electron chi connectivity index (χ4n) is 2.58. The minimum Gasteiger partial charge on any atom is -0.495 e. The van der Waals surface area contributed by atoms with Crippen LogP contribution in [0.3, 0.4) is 0 Å². The van der Waals surface area contributed by atoms with Crippen molar-refractivity contribution in [2.24, 2.45) is 0 Å². The highest BCUT2D eigenvalue weighted by Gasteiger charge is 2.13. The van der Waals surface area contributed by atoms with Gasteiger partial charge in [-0.1, -0.05) is 35.5 Å². The standard InChI is InChI=1S/C20H20N4O4/c1-13(25)21-15-8-9-17(27-2)16(12-15)22-18(26)10-11-19-23-20(24-28-19)14-6-4-3-5-7-14/h3-9,12H,10-11H2,1-2H3,(H,21,25)(H,22,26). The van der Waals surface area contributed by atoms with E-state index in [0.717, 1.165) is 5.56 Å². The summed E-state index contributed by atoms with van der Waals surface area (Å²) in [5.41, 5.74) is 1.88. The molecule has 2 aromatic carbocycles. The van der Waals surface area contributed by atoms with E-state index < -0.39 is 0 Å². The molecule has 3 aromatic rings. The molecule has 1 heterocycles. The highest BCUT2D eigenvalue weighted by Crippen LogP contribution is 2.28. The second-order valence-electron chi connectivity index (χ2n) is 6.02. The molecule has 144 valence electrons. The minimum absolute atomic E-state index is 0.157. The summed E-state index contributed by atoms with van der Waals surface area (Å²) < 4.78 is 10.5. The number of anilines is 2. The van der Waals surface area contributed by atoms with Crippen LogP contribution < -0.4 is 15.4 Å². The van der Waals surface area contributed by atoms with Crippen molar-refractivity contribution in [3.05, 3.63) is 54.4 Å². The van der Waals surface area contributed by atoms with Gasteiger partial charge in [-0.15, -0.1) is 0 Å². The minimum atomic E-state index is -0.238. The molecule has 0 radical (unpaired) electrons. The van der Waals surface area contributed by atoms with Crippen LogP contribution >= 0.6 is 0 Å². The molecule has 0 saturated heterocycles. The first-order valence-corrected chi connectivity index (χ1v) is 8.68. The summed E-state index contributed by atoms with van der Waals surface area (Å²) in [7, 11) is 1.51. The Balaban J connectivity index is 1.61. The van der Waals surface area contributed by atoms with Crippen LogP contribution in [0.1, 0.15) is 19.2 Å². The van der Waals surface area contributed by atoms with Crippen molar-refractivity contribution in [1.29, 1.82) is 0 Å². The number of carbonyl (C=O) groups is 2. The van der Waals surface area contributed by atoms with Crippen LogP contribution in [0.4, 0.5) is 11.4 Å². The number of ether oxygens (including phenoxy) is 1. The largest absolute Gasteiger partial charge is 0.495 e. The Bertz CT molecular complexity index is 969. The third-order valence-corrected chi connectivity index (χ3v) is 3.86. The predicted molar refractivity (Wildman–Crippen MR) is 104 cm³/mol. The normalized spacial score (nSPS) is 10.4. The van der Waals surface area contributed by atoms with Gasteiger partial charge in [-0.05, 0) is 18.2 Å². The molecule has 0 bridgehead atoms. The molecule has 0 atom stereocenters. The number of methoxy groups -OCH3 is 1. The topological polar surface area (TPSA) is 106 Å². The van der Waals surface area contributed by atoms with E-state index in [-0.39, 0.29) is 18.2 Å². The lowest BCUT2D eigenvalue weighted by molar-refractivity contribution is -0.116. The zero-order valence-corrected chi connectivity index (χ0v) is 15.6. The monoisotopic (exact) mass is 380 g/mol. The molecule has 1 aromatic heterocycles. The van der Waals surface area contributed by atoms with Gasteiger partial charge in [0.25, 0.3) is 0 Å². The summed E-state index contributed by atoms with van der Waals surface area (Å²) in [6.45, 7) is 1.41. The van der Waals surface area contributed by atoms with Gasteiger partial charge < -0.3 is 19.9 Å². The molecule has 3 rings (SSSR count). The van der Waals surface area contributed by atoms with Crippen LogP contribution in [-0.2, 0) is 16.0 Å². The number of nitrogens with one attached hydrogen (secondary N) is 2. The molecule has 28 heavy (non-hydrogen) atoms. The number of aryl methyl sites for hydroxylation is 1. The maximum absolute atomic E-state index is 12.3. The van der Waals surface area contributed by atoms with E-state index in [0.29, 0.717) is 35.3 Å². The highest BCUT2D eigenvalue weighted by atomic mass is 16.5. The quantitative estimate of drug-likeness (QED) is 0.651. The maximum atomic E-state index is 12.3. The second kappa shape index (κ2) is 8.81. The lowest BCUT2D eigenvalue weighted by Crippen LogP contribution is -2.14. The third-order valence-electron chi connectivity index (χ3n) is 3.86. The van der Waals surface area contributed by atoms with Gasteiger partial charge in [-0.3, -0.25) is 9.59 Å². The second-order valence-corrected chi connectivity index (χ2v) is 6.02. The molecule has 0 saturated carbocycles. The molecule has 0 unspecified atom stereocenters. The van der Waals surface area contributed by atoms with E-state index in [1.165, 1.54) is 14.0 Å². The first-order valence-electron chi connectivity index (χ1n) is 8.68. The zero-order valence-electron chi connectivity index (χ0n) is 15.6. The molecule has 0 spiro atoms. The van der Waals surface area contributed by atoms with Crippen molar-refractivity contribution in [1.82, 2.24) is 10.1 Å². The number of hydrogen-bond acceptors (Lipinski definition) is 6. The Labute approximate surface area is 161 Å². The Hall–Kier alpha value is -3.68. The summed E-state index contributed by atoms with van der Waals surface area (Å²) in [6.07, 6.45) is 0.462. The summed E-state index contributed by atoms with van der Waals surface area (Å²) in [4.78, 5) is 27.8. The number of rotatable bonds is 7. The fraction of sp³-hybridized carbons (Fsp3) is 0.200. The van der Waals surface area contributed by atoms with E-state index >= 15 is 0 Å². The Morgan fingerprint density at radius 1 is 1.11 bits per heavy atom. The molecular formula is C20H20N4O4. The van der Waals surface area contributed by atoms with Crippen molar-refractivity contribution in [3.63, 3.8) is 0 Å². The SMILES string of the molecule is COc1ccc(NC(C)=O)cc1NC(=O)CCc1nc(-c2ccccc2)no1. The Morgan fingerprint density at radius 2 is 1.89 bits per heavy atom. The van der Waals surface area contributed by atoms with Crippen molar-refractivity contribution >= 4 is 23.2 Å². The predicted octanol–water partition coefficient (Wildman–Crippen LogP) is 3.27. The highest BCUT2D eigenvalue weighted by molar-refractivity contribution is 5.95. The van der Waals surface area contributed by atoms with Gasteiger partial charge in [0, 0.05) is 31.0 Å². The molecule has 2 N–H and O–H groups in total. The van der Waals surface area contributed by atoms with Crippen LogP contribution in [-0.4, -0.2) is 29.1 Å². The van der Waals surface area contributed by atoms with Crippen LogP contribution in [0.15, 0.2) is 53.1 Å². The van der Waals surface area contributed by atoms with Gasteiger partial charge in [0.1, 0.15) is 5.75 Å². The summed E-state index contributed by atoms with van der Waals surface area (Å²) in [5, 5.41) is 9.38. The van der Waals surface area contributed by atoms with Crippen molar-refractivity contribution in [2.45, 2.75) is 19.8 Å². The molecule has 0 aliphatic rings. The molecule has 8 nitrogen and oxygen atoms in total. The fourth-order valence-corrected chi connectivity index (χ4v) is 2.58. The zero-order chi connectivity index (χ0) is 19.9. The van der Waals surface area contributed by atoms with Gasteiger partial charge in [0.05, 0.1) is 12.8 Å². The molecule has 8 heteroatoms. The third kappa shape index (κ3) is 4.94. The smallest absolute Gasteiger partial charge is 0.227 e. The number of amides is 2. The average molecular weight is 380 g/mol. The number of benzene rings is 2. The van der Waals surface area contributed by atoms with Crippen LogP contribution in [0.5, 0.6) is 5.75 Å². The number of nitrogens with zero attached hydrogens (tertiary/aromatic N) is 2. The van der Waals surface area contributed by atoms with E-state index in [4.69, 9.17) is 9.26 Å². The van der Waals surface area contributed by atoms with E-state index in [1.807, 2.05) is 30.3 Å². The van der Waals surface area contributed by atoms with Gasteiger partial charge in [-0.2, -0.15) is 4.98 Å². The summed E-state index contributed by atoms with van der Waals surface area (Å²) in [5.74, 6) is 0.922. The maximum Gasteiger partial charge on any atom is 0.227 e. The van der Waals surface area contributed by atoms with E-state index in [2.05, 4.69) is 20.8 Å². The molecule has 0 aliphatic carbocycles. The summed E-state index contributed by atoms with van der Waals surface area (Å²) in [6, 6.07) is 14.5. The molecular weight excluding hydrogens is 360 g/mol. The first-order chi connectivity index (χ1) is 13.5. The Morgan fingerprint density at radius 3 is 2.61 bits per heavy atom. The van der Waals surface area contributed by atoms with Crippen LogP contribution in [0.2, 0.25) is 0 Å². The van der Waals surface area contributed by atoms with Gasteiger partial charge in [-0.25, -0.2) is 0 Å². The van der Waals surface area contributed by atoms with Gasteiger partial charge in [0.15, 0.2) is 0 Å². The van der Waals surface area contributed by atoms with Gasteiger partial charge in [0.2, 0.25) is 23.5 Å². The van der Waals surface area contributed by atoms with Crippen LogP contribution in [0.25, 0.3) is 11.4 Å². The first kappa shape index (κ1) is 19.1. The molecule has 2 amide bonds. The average Bonchev–Trinajstić information content (AvgIpc) is 3.16. The number of hydrogen-bond donors (Lipinski definition) is 2. The van der Waals surface area contributed by atoms with Gasteiger partial charge >= 0.3 is 0 Å².